The molecule has 0 fully saturated rings. The molecule has 2 aromatic rings. The minimum Gasteiger partial charge on any atom is -0.489 e. The van der Waals surface area contributed by atoms with Crippen molar-refractivity contribution in [2.24, 2.45) is 5.10 Å². The summed E-state index contributed by atoms with van der Waals surface area (Å²) in [5, 5.41) is 3.88. The average molecular weight is 568 g/mol. The van der Waals surface area contributed by atoms with Crippen molar-refractivity contribution < 1.29 is 31.5 Å². The lowest BCUT2D eigenvalue weighted by molar-refractivity contribution is -0.114. The highest BCUT2D eigenvalue weighted by Crippen LogP contribution is 2.37. The summed E-state index contributed by atoms with van der Waals surface area (Å²) in [6.07, 6.45) is 1.15. The third-order valence-corrected chi connectivity index (χ3v) is 5.20. The number of carbonyl (C=O) groups is 1. The molecule has 2 aromatic carbocycles. The molecule has 0 N–H and O–H groups in total. The molecular formula is C20H13Br2F5N2O2. The SMILES string of the molecule is CC1=NN(c2c(F)c(F)c(F)c(F)c2F)C(=O)/C1=C\c1cc(Br)cc(Br)c1OC(C)C. The lowest BCUT2D eigenvalue weighted by Gasteiger charge is -2.16. The van der Waals surface area contributed by atoms with Gasteiger partial charge in [0.15, 0.2) is 23.3 Å². The van der Waals surface area contributed by atoms with Crippen LogP contribution in [0.2, 0.25) is 0 Å². The molecule has 0 saturated heterocycles. The molecule has 0 unspecified atom stereocenters. The molecule has 0 radical (unpaired) electrons. The van der Waals surface area contributed by atoms with E-state index in [0.717, 1.165) is 0 Å². The topological polar surface area (TPSA) is 41.9 Å². The first kappa shape index (κ1) is 23.4. The van der Waals surface area contributed by atoms with E-state index in [-0.39, 0.29) is 22.4 Å². The van der Waals surface area contributed by atoms with Gasteiger partial charge in [0.2, 0.25) is 5.82 Å². The van der Waals surface area contributed by atoms with Gasteiger partial charge in [-0.1, -0.05) is 15.9 Å². The fraction of sp³-hybridized carbons (Fsp3) is 0.200. The van der Waals surface area contributed by atoms with Gasteiger partial charge in [-0.25, -0.2) is 22.0 Å². The molecule has 0 atom stereocenters. The van der Waals surface area contributed by atoms with Gasteiger partial charge in [0.05, 0.1) is 21.9 Å². The highest BCUT2D eigenvalue weighted by atomic mass is 79.9. The van der Waals surface area contributed by atoms with E-state index in [4.69, 9.17) is 4.74 Å². The number of benzene rings is 2. The summed E-state index contributed by atoms with van der Waals surface area (Å²) in [7, 11) is 0. The molecule has 0 spiro atoms. The summed E-state index contributed by atoms with van der Waals surface area (Å²) < 4.78 is 75.9. The fourth-order valence-electron chi connectivity index (χ4n) is 2.82. The molecule has 4 nitrogen and oxygen atoms in total. The maximum absolute atomic E-state index is 14.2. The summed E-state index contributed by atoms with van der Waals surface area (Å²) in [5.41, 5.74) is -1.12. The first-order valence-electron chi connectivity index (χ1n) is 8.72. The highest BCUT2D eigenvalue weighted by Gasteiger charge is 2.37. The van der Waals surface area contributed by atoms with Gasteiger partial charge in [-0.05, 0) is 54.9 Å². The predicted molar refractivity (Wildman–Crippen MR) is 112 cm³/mol. The van der Waals surface area contributed by atoms with Crippen molar-refractivity contribution in [3.05, 3.63) is 61.3 Å². The molecule has 1 aliphatic heterocycles. The monoisotopic (exact) mass is 566 g/mol. The van der Waals surface area contributed by atoms with Gasteiger partial charge in [0, 0.05) is 10.0 Å². The molecule has 164 valence electrons. The van der Waals surface area contributed by atoms with Crippen LogP contribution in [0, 0.1) is 29.1 Å². The van der Waals surface area contributed by atoms with E-state index in [9.17, 15) is 26.7 Å². The third-order valence-electron chi connectivity index (χ3n) is 4.15. The van der Waals surface area contributed by atoms with Crippen molar-refractivity contribution >= 4 is 55.2 Å². The molecule has 0 saturated carbocycles. The number of ether oxygens (including phenoxy) is 1. The van der Waals surface area contributed by atoms with Crippen LogP contribution in [0.25, 0.3) is 6.08 Å². The zero-order valence-electron chi connectivity index (χ0n) is 16.2. The summed E-state index contributed by atoms with van der Waals surface area (Å²) in [6, 6.07) is 3.36. The van der Waals surface area contributed by atoms with Gasteiger partial charge in [-0.2, -0.15) is 10.1 Å². The maximum Gasteiger partial charge on any atom is 0.280 e. The van der Waals surface area contributed by atoms with Crippen molar-refractivity contribution in [2.75, 3.05) is 5.01 Å². The number of hydrazone groups is 1. The quantitative estimate of drug-likeness (QED) is 0.183. The summed E-state index contributed by atoms with van der Waals surface area (Å²) >= 11 is 6.69. The molecule has 11 heteroatoms. The van der Waals surface area contributed by atoms with Gasteiger partial charge in [-0.3, -0.25) is 4.79 Å². The highest BCUT2D eigenvalue weighted by molar-refractivity contribution is 9.11. The molecule has 31 heavy (non-hydrogen) atoms. The Bertz CT molecular complexity index is 1140. The second-order valence-corrected chi connectivity index (χ2v) is 8.52. The van der Waals surface area contributed by atoms with Crippen molar-refractivity contribution in [3.63, 3.8) is 0 Å². The number of nitrogens with zero attached hydrogens (tertiary/aromatic N) is 2. The fourth-order valence-corrected chi connectivity index (χ4v) is 4.17. The molecule has 0 aliphatic carbocycles. The molecule has 1 amide bonds. The second kappa shape index (κ2) is 8.70. The van der Waals surface area contributed by atoms with E-state index >= 15 is 0 Å². The predicted octanol–water partition coefficient (Wildman–Crippen LogP) is 6.50. The van der Waals surface area contributed by atoms with Crippen LogP contribution in [-0.4, -0.2) is 17.7 Å². The Balaban J connectivity index is 2.13. The lowest BCUT2D eigenvalue weighted by Crippen LogP contribution is -2.25. The van der Waals surface area contributed by atoms with E-state index in [1.165, 1.54) is 13.0 Å². The number of anilines is 1. The van der Waals surface area contributed by atoms with E-state index in [1.807, 2.05) is 0 Å². The van der Waals surface area contributed by atoms with E-state index in [1.54, 1.807) is 26.0 Å². The number of amides is 1. The first-order valence-corrected chi connectivity index (χ1v) is 10.3. The molecule has 1 aliphatic rings. The molecule has 0 aromatic heterocycles. The standard InChI is InChI=1S/C20H13Br2F5N2O2/c1-7(2)31-19-9(4-10(21)6-12(19)22)5-11-8(3)28-29(20(11)30)18-16(26)14(24)13(23)15(25)17(18)27/h4-7H,1-3H3/b11-5-. The van der Waals surface area contributed by atoms with E-state index < -0.39 is 40.7 Å². The van der Waals surface area contributed by atoms with Crippen LogP contribution in [-0.2, 0) is 4.79 Å². The number of rotatable bonds is 4. The Morgan fingerprint density at radius 1 is 1.00 bits per heavy atom. The number of hydrogen-bond acceptors (Lipinski definition) is 3. The van der Waals surface area contributed by atoms with Gasteiger partial charge in [0.25, 0.3) is 5.91 Å². The molecule has 3 rings (SSSR count). The smallest absolute Gasteiger partial charge is 0.280 e. The van der Waals surface area contributed by atoms with Gasteiger partial charge in [-0.15, -0.1) is 0 Å². The lowest BCUT2D eigenvalue weighted by atomic mass is 10.1. The van der Waals surface area contributed by atoms with Crippen molar-refractivity contribution in [1.82, 2.24) is 0 Å². The zero-order valence-corrected chi connectivity index (χ0v) is 19.3. The van der Waals surface area contributed by atoms with Crippen LogP contribution in [0.1, 0.15) is 26.3 Å². The Kier molecular flexibility index (Phi) is 6.56. The van der Waals surface area contributed by atoms with Crippen molar-refractivity contribution in [2.45, 2.75) is 26.9 Å². The van der Waals surface area contributed by atoms with Crippen molar-refractivity contribution in [1.29, 1.82) is 0 Å². The van der Waals surface area contributed by atoms with E-state index in [2.05, 4.69) is 37.0 Å². The molecular weight excluding hydrogens is 555 g/mol. The van der Waals surface area contributed by atoms with Gasteiger partial charge >= 0.3 is 0 Å². The van der Waals surface area contributed by atoms with Crippen LogP contribution in [0.4, 0.5) is 27.6 Å². The van der Waals surface area contributed by atoms with Crippen LogP contribution in [0.15, 0.2) is 31.8 Å². The van der Waals surface area contributed by atoms with Crippen LogP contribution >= 0.6 is 31.9 Å². The van der Waals surface area contributed by atoms with Crippen LogP contribution < -0.4 is 9.75 Å². The Morgan fingerprint density at radius 2 is 1.55 bits per heavy atom. The number of hydrogen-bond donors (Lipinski definition) is 0. The van der Waals surface area contributed by atoms with Gasteiger partial charge < -0.3 is 4.74 Å². The summed E-state index contributed by atoms with van der Waals surface area (Å²) in [6.45, 7) is 4.96. The normalized spacial score (nSPS) is 15.3. The maximum atomic E-state index is 14.2. The number of halogens is 7. The van der Waals surface area contributed by atoms with Gasteiger partial charge in [0.1, 0.15) is 11.4 Å². The summed E-state index contributed by atoms with van der Waals surface area (Å²) in [5.74, 6) is -11.6. The largest absolute Gasteiger partial charge is 0.489 e. The zero-order chi connectivity index (χ0) is 23.2. The average Bonchev–Trinajstić information content (AvgIpc) is 2.95. The first-order chi connectivity index (χ1) is 14.4. The Morgan fingerprint density at radius 3 is 2.10 bits per heavy atom. The molecule has 0 bridgehead atoms. The minimum absolute atomic E-state index is 0.0144. The third kappa shape index (κ3) is 4.25. The van der Waals surface area contributed by atoms with Crippen LogP contribution in [0.5, 0.6) is 5.75 Å². The van der Waals surface area contributed by atoms with Crippen LogP contribution in [0.3, 0.4) is 0 Å². The Hall–Kier alpha value is -2.27. The van der Waals surface area contributed by atoms with E-state index in [0.29, 0.717) is 20.3 Å². The van der Waals surface area contributed by atoms with Crippen molar-refractivity contribution in [3.8, 4) is 5.75 Å². The number of carbonyl (C=O) groups excluding carboxylic acids is 1. The Labute approximate surface area is 190 Å². The second-order valence-electron chi connectivity index (χ2n) is 6.75. The minimum atomic E-state index is -2.32. The molecule has 1 heterocycles. The summed E-state index contributed by atoms with van der Waals surface area (Å²) in [4.78, 5) is 12.8.